The second kappa shape index (κ2) is 8.77. The second-order valence-corrected chi connectivity index (χ2v) is 7.82. The number of amides is 1. The van der Waals surface area contributed by atoms with Crippen LogP contribution in [0.1, 0.15) is 16.1 Å². The Morgan fingerprint density at radius 1 is 1.12 bits per heavy atom. The van der Waals surface area contributed by atoms with Crippen molar-refractivity contribution in [1.82, 2.24) is 5.43 Å². The Labute approximate surface area is 172 Å². The molecule has 0 saturated heterocycles. The topological polar surface area (TPSA) is 54.6 Å². The summed E-state index contributed by atoms with van der Waals surface area (Å²) in [5.74, 6) is 0.143. The maximum Gasteiger partial charge on any atom is 0.271 e. The van der Waals surface area contributed by atoms with Crippen LogP contribution in [-0.2, 0) is 0 Å². The smallest absolute Gasteiger partial charge is 0.271 e. The highest BCUT2D eigenvalue weighted by atomic mass is 79.9. The minimum Gasteiger partial charge on any atom is -0.447 e. The summed E-state index contributed by atoms with van der Waals surface area (Å²) in [6.45, 7) is 0. The summed E-state index contributed by atoms with van der Waals surface area (Å²) in [6, 6.07) is 15.8. The van der Waals surface area contributed by atoms with Crippen LogP contribution in [0.5, 0.6) is 0 Å². The number of hydrogen-bond donors (Lipinski definition) is 1. The van der Waals surface area contributed by atoms with Crippen LogP contribution in [0.25, 0.3) is 0 Å². The standard InChI is InChI=1S/C18H11BrCl2N2O2S/c19-16-9-14(25-18(16)26-15-6-4-12(20)5-7-15)10-22-23-17(24)11-2-1-3-13(21)8-11/h1-10H,(H,23,24). The Balaban J connectivity index is 1.64. The number of halogens is 3. The van der Waals surface area contributed by atoms with Gasteiger partial charge in [-0.2, -0.15) is 5.10 Å². The van der Waals surface area contributed by atoms with Crippen molar-refractivity contribution in [2.75, 3.05) is 0 Å². The molecule has 0 radical (unpaired) electrons. The number of furan rings is 1. The van der Waals surface area contributed by atoms with Gasteiger partial charge in [-0.15, -0.1) is 0 Å². The monoisotopic (exact) mass is 468 g/mol. The van der Waals surface area contributed by atoms with E-state index in [-0.39, 0.29) is 5.91 Å². The van der Waals surface area contributed by atoms with Crippen molar-refractivity contribution in [3.05, 3.63) is 80.4 Å². The van der Waals surface area contributed by atoms with E-state index >= 15 is 0 Å². The molecule has 1 amide bonds. The molecule has 2 aromatic carbocycles. The van der Waals surface area contributed by atoms with Gasteiger partial charge in [0.2, 0.25) is 0 Å². The van der Waals surface area contributed by atoms with Crippen LogP contribution in [-0.4, -0.2) is 12.1 Å². The van der Waals surface area contributed by atoms with Crippen LogP contribution in [0.4, 0.5) is 0 Å². The molecule has 0 atom stereocenters. The molecule has 1 N–H and O–H groups in total. The molecule has 4 nitrogen and oxygen atoms in total. The number of nitrogens with zero attached hydrogens (tertiary/aromatic N) is 1. The molecular formula is C18H11BrCl2N2O2S. The van der Waals surface area contributed by atoms with Gasteiger partial charge in [0.15, 0.2) is 5.09 Å². The van der Waals surface area contributed by atoms with Crippen molar-refractivity contribution in [2.24, 2.45) is 5.10 Å². The summed E-state index contributed by atoms with van der Waals surface area (Å²) in [7, 11) is 0. The Bertz CT molecular complexity index is 958. The number of carbonyl (C=O) groups excluding carboxylic acids is 1. The third kappa shape index (κ3) is 5.14. The minimum absolute atomic E-state index is 0.356. The first-order valence-electron chi connectivity index (χ1n) is 7.33. The number of benzene rings is 2. The van der Waals surface area contributed by atoms with Crippen molar-refractivity contribution < 1.29 is 9.21 Å². The molecule has 0 bridgehead atoms. The summed E-state index contributed by atoms with van der Waals surface area (Å²) < 4.78 is 6.51. The minimum atomic E-state index is -0.356. The van der Waals surface area contributed by atoms with E-state index in [1.165, 1.54) is 18.0 Å². The van der Waals surface area contributed by atoms with Crippen molar-refractivity contribution >= 4 is 63.0 Å². The van der Waals surface area contributed by atoms with Crippen molar-refractivity contribution in [3.63, 3.8) is 0 Å². The Kier molecular flexibility index (Phi) is 6.43. The van der Waals surface area contributed by atoms with Crippen molar-refractivity contribution in [1.29, 1.82) is 0 Å². The molecular weight excluding hydrogens is 459 g/mol. The molecule has 1 heterocycles. The molecule has 0 unspecified atom stereocenters. The molecule has 26 heavy (non-hydrogen) atoms. The van der Waals surface area contributed by atoms with E-state index in [4.69, 9.17) is 27.6 Å². The van der Waals surface area contributed by atoms with Gasteiger partial charge in [-0.1, -0.05) is 41.0 Å². The van der Waals surface area contributed by atoms with Gasteiger partial charge in [-0.3, -0.25) is 4.79 Å². The van der Waals surface area contributed by atoms with Crippen LogP contribution < -0.4 is 5.43 Å². The van der Waals surface area contributed by atoms with Gasteiger partial charge >= 0.3 is 0 Å². The van der Waals surface area contributed by atoms with E-state index in [0.29, 0.717) is 26.5 Å². The number of hydrazone groups is 1. The van der Waals surface area contributed by atoms with Gasteiger partial charge in [-0.05, 0) is 58.4 Å². The predicted octanol–water partition coefficient (Wildman–Crippen LogP) is 6.26. The van der Waals surface area contributed by atoms with Gasteiger partial charge in [0.05, 0.1) is 10.7 Å². The number of nitrogens with one attached hydrogen (secondary N) is 1. The Hall–Kier alpha value is -1.73. The van der Waals surface area contributed by atoms with Crippen LogP contribution in [0.2, 0.25) is 10.0 Å². The average Bonchev–Trinajstić information content (AvgIpc) is 2.96. The lowest BCUT2D eigenvalue weighted by molar-refractivity contribution is 0.0955. The van der Waals surface area contributed by atoms with Crippen LogP contribution in [0.3, 0.4) is 0 Å². The highest BCUT2D eigenvalue weighted by molar-refractivity contribution is 9.10. The van der Waals surface area contributed by atoms with Crippen molar-refractivity contribution in [3.8, 4) is 0 Å². The average molecular weight is 470 g/mol. The number of carbonyl (C=O) groups is 1. The van der Waals surface area contributed by atoms with Gasteiger partial charge in [-0.25, -0.2) is 5.43 Å². The molecule has 3 rings (SSSR count). The van der Waals surface area contributed by atoms with Gasteiger partial charge in [0.1, 0.15) is 5.76 Å². The normalized spacial score (nSPS) is 11.0. The van der Waals surface area contributed by atoms with E-state index in [9.17, 15) is 4.79 Å². The van der Waals surface area contributed by atoms with Crippen molar-refractivity contribution in [2.45, 2.75) is 9.99 Å². The van der Waals surface area contributed by atoms with Gasteiger partial charge < -0.3 is 4.42 Å². The zero-order chi connectivity index (χ0) is 18.5. The highest BCUT2D eigenvalue weighted by Gasteiger charge is 2.10. The first kappa shape index (κ1) is 19.0. The fourth-order valence-electron chi connectivity index (χ4n) is 1.96. The quantitative estimate of drug-likeness (QED) is 0.354. The largest absolute Gasteiger partial charge is 0.447 e. The molecule has 132 valence electrons. The molecule has 0 aliphatic heterocycles. The summed E-state index contributed by atoms with van der Waals surface area (Å²) in [5, 5.41) is 5.75. The van der Waals surface area contributed by atoms with E-state index in [0.717, 1.165) is 9.37 Å². The summed E-state index contributed by atoms with van der Waals surface area (Å²) in [4.78, 5) is 13.0. The van der Waals surface area contributed by atoms with Crippen LogP contribution in [0, 0.1) is 0 Å². The Morgan fingerprint density at radius 3 is 2.62 bits per heavy atom. The molecule has 0 saturated carbocycles. The first-order chi connectivity index (χ1) is 12.5. The molecule has 0 spiro atoms. The predicted molar refractivity (Wildman–Crippen MR) is 108 cm³/mol. The fraction of sp³-hybridized carbons (Fsp3) is 0. The van der Waals surface area contributed by atoms with E-state index in [2.05, 4.69) is 26.5 Å². The number of hydrogen-bond acceptors (Lipinski definition) is 4. The lowest BCUT2D eigenvalue weighted by atomic mass is 10.2. The second-order valence-electron chi connectivity index (χ2n) is 5.05. The van der Waals surface area contributed by atoms with Crippen LogP contribution in [0.15, 0.2) is 78.6 Å². The third-order valence-electron chi connectivity index (χ3n) is 3.14. The molecule has 0 aliphatic carbocycles. The maximum absolute atomic E-state index is 12.0. The third-order valence-corrected chi connectivity index (χ3v) is 5.48. The van der Waals surface area contributed by atoms with E-state index in [1.807, 2.05) is 24.3 Å². The summed E-state index contributed by atoms with van der Waals surface area (Å²) >= 11 is 16.6. The first-order valence-corrected chi connectivity index (χ1v) is 9.69. The van der Waals surface area contributed by atoms with E-state index < -0.39 is 0 Å². The molecule has 0 aliphatic rings. The lowest BCUT2D eigenvalue weighted by Crippen LogP contribution is -2.17. The molecule has 3 aromatic rings. The maximum atomic E-state index is 12.0. The zero-order valence-electron chi connectivity index (χ0n) is 13.1. The summed E-state index contributed by atoms with van der Waals surface area (Å²) in [5.41, 5.74) is 2.86. The molecule has 8 heteroatoms. The SMILES string of the molecule is O=C(NN=Cc1cc(Br)c(Sc2ccc(Cl)cc2)o1)c1cccc(Cl)c1. The van der Waals surface area contributed by atoms with Gasteiger partial charge in [0.25, 0.3) is 5.91 Å². The molecule has 0 fully saturated rings. The zero-order valence-corrected chi connectivity index (χ0v) is 17.0. The summed E-state index contributed by atoms with van der Waals surface area (Å²) in [6.07, 6.45) is 1.43. The number of rotatable bonds is 5. The lowest BCUT2D eigenvalue weighted by Gasteiger charge is -1.99. The molecule has 1 aromatic heterocycles. The van der Waals surface area contributed by atoms with Crippen LogP contribution >= 0.6 is 50.9 Å². The fourth-order valence-corrected chi connectivity index (χ4v) is 3.61. The van der Waals surface area contributed by atoms with Gasteiger partial charge in [0, 0.05) is 26.6 Å². The Morgan fingerprint density at radius 2 is 1.88 bits per heavy atom. The highest BCUT2D eigenvalue weighted by Crippen LogP contribution is 2.35. The van der Waals surface area contributed by atoms with E-state index in [1.54, 1.807) is 30.3 Å².